The lowest BCUT2D eigenvalue weighted by Crippen LogP contribution is -2.02. The van der Waals surface area contributed by atoms with E-state index < -0.39 is 11.6 Å². The number of anilines is 2. The lowest BCUT2D eigenvalue weighted by atomic mass is 10.3. The third-order valence-corrected chi connectivity index (χ3v) is 4.95. The van der Waals surface area contributed by atoms with E-state index >= 15 is 0 Å². The Hall–Kier alpha value is -2.71. The van der Waals surface area contributed by atoms with Crippen molar-refractivity contribution in [3.8, 4) is 0 Å². The van der Waals surface area contributed by atoms with Crippen LogP contribution >= 0.6 is 23.4 Å². The first kappa shape index (κ1) is 17.7. The van der Waals surface area contributed by atoms with Crippen molar-refractivity contribution < 1.29 is 8.78 Å². The van der Waals surface area contributed by atoms with E-state index in [1.165, 1.54) is 23.9 Å². The van der Waals surface area contributed by atoms with Crippen LogP contribution in [0.2, 0.25) is 5.02 Å². The van der Waals surface area contributed by atoms with E-state index in [9.17, 15) is 8.78 Å². The summed E-state index contributed by atoms with van der Waals surface area (Å²) in [6.07, 6.45) is 0. The van der Waals surface area contributed by atoms with Crippen LogP contribution in [0.3, 0.4) is 0 Å². The minimum atomic E-state index is -0.608. The Morgan fingerprint density at radius 3 is 2.74 bits per heavy atom. The number of halogens is 3. The number of thioether (sulfide) groups is 1. The fourth-order valence-electron chi connectivity index (χ4n) is 2.44. The standard InChI is InChI=1S/C18H12ClF2N5S/c19-11-2-1-3-13(8-11)22-16-6-7-17-23-24-18(26(17)25-16)10-27-15-5-4-12(20)9-14(15)21/h1-9H,10H2,(H,22,25). The van der Waals surface area contributed by atoms with Gasteiger partial charge in [-0.25, -0.2) is 8.78 Å². The molecule has 0 radical (unpaired) electrons. The molecule has 0 saturated heterocycles. The van der Waals surface area contributed by atoms with Crippen LogP contribution < -0.4 is 5.32 Å². The summed E-state index contributed by atoms with van der Waals surface area (Å²) in [6.45, 7) is 0. The van der Waals surface area contributed by atoms with Gasteiger partial charge in [-0.2, -0.15) is 4.52 Å². The van der Waals surface area contributed by atoms with Crippen LogP contribution in [-0.2, 0) is 5.75 Å². The molecule has 4 rings (SSSR count). The van der Waals surface area contributed by atoms with Gasteiger partial charge < -0.3 is 5.32 Å². The fourth-order valence-corrected chi connectivity index (χ4v) is 3.45. The van der Waals surface area contributed by atoms with Gasteiger partial charge in [-0.1, -0.05) is 17.7 Å². The quantitative estimate of drug-likeness (QED) is 0.470. The average Bonchev–Trinajstić information content (AvgIpc) is 3.03. The summed E-state index contributed by atoms with van der Waals surface area (Å²) in [5.41, 5.74) is 1.37. The molecule has 0 spiro atoms. The molecule has 2 heterocycles. The van der Waals surface area contributed by atoms with Crippen molar-refractivity contribution in [1.29, 1.82) is 0 Å². The Kier molecular flexibility index (Phi) is 4.91. The first-order valence-corrected chi connectivity index (χ1v) is 9.26. The molecule has 0 aliphatic rings. The van der Waals surface area contributed by atoms with Gasteiger partial charge in [0.15, 0.2) is 17.3 Å². The molecule has 1 N–H and O–H groups in total. The monoisotopic (exact) mass is 403 g/mol. The van der Waals surface area contributed by atoms with E-state index in [0.717, 1.165) is 11.8 Å². The molecule has 0 atom stereocenters. The number of hydrogen-bond donors (Lipinski definition) is 1. The smallest absolute Gasteiger partial charge is 0.178 e. The van der Waals surface area contributed by atoms with Gasteiger partial charge in [-0.15, -0.1) is 27.1 Å². The van der Waals surface area contributed by atoms with Gasteiger partial charge in [0.1, 0.15) is 11.6 Å². The first-order valence-electron chi connectivity index (χ1n) is 7.90. The highest BCUT2D eigenvalue weighted by Gasteiger charge is 2.11. The fraction of sp³-hybridized carbons (Fsp3) is 0.0556. The predicted octanol–water partition coefficient (Wildman–Crippen LogP) is 5.09. The highest BCUT2D eigenvalue weighted by atomic mass is 35.5. The van der Waals surface area contributed by atoms with Gasteiger partial charge in [0.2, 0.25) is 0 Å². The summed E-state index contributed by atoms with van der Waals surface area (Å²) in [6, 6.07) is 14.3. The number of aromatic nitrogens is 4. The normalized spacial score (nSPS) is 11.1. The summed E-state index contributed by atoms with van der Waals surface area (Å²) in [4.78, 5) is 0.335. The number of benzene rings is 2. The van der Waals surface area contributed by atoms with E-state index in [4.69, 9.17) is 11.6 Å². The minimum Gasteiger partial charge on any atom is -0.339 e. The van der Waals surface area contributed by atoms with Crippen LogP contribution in [0.1, 0.15) is 5.82 Å². The molecule has 0 bridgehead atoms. The maximum atomic E-state index is 13.8. The van der Waals surface area contributed by atoms with E-state index in [0.29, 0.717) is 33.0 Å². The molecule has 136 valence electrons. The molecule has 9 heteroatoms. The molecule has 0 fully saturated rings. The van der Waals surface area contributed by atoms with E-state index in [1.54, 1.807) is 28.8 Å². The maximum Gasteiger partial charge on any atom is 0.178 e. The number of rotatable bonds is 5. The van der Waals surface area contributed by atoms with E-state index in [-0.39, 0.29) is 0 Å². The van der Waals surface area contributed by atoms with Crippen LogP contribution in [0.15, 0.2) is 59.5 Å². The van der Waals surface area contributed by atoms with E-state index in [2.05, 4.69) is 20.6 Å². The second-order valence-corrected chi connectivity index (χ2v) is 7.06. The Bertz CT molecular complexity index is 1120. The Balaban J connectivity index is 1.56. The number of nitrogens with zero attached hydrogens (tertiary/aromatic N) is 4. The molecule has 2 aromatic carbocycles. The van der Waals surface area contributed by atoms with Gasteiger partial charge >= 0.3 is 0 Å². The summed E-state index contributed by atoms with van der Waals surface area (Å²) in [5, 5.41) is 16.4. The van der Waals surface area contributed by atoms with Crippen LogP contribution in [0.25, 0.3) is 5.65 Å². The summed E-state index contributed by atoms with van der Waals surface area (Å²) >= 11 is 7.19. The van der Waals surface area contributed by atoms with Crippen LogP contribution in [0, 0.1) is 11.6 Å². The SMILES string of the molecule is Fc1ccc(SCc2nnc3ccc(Nc4cccc(Cl)c4)nn23)c(F)c1. The largest absolute Gasteiger partial charge is 0.339 e. The van der Waals surface area contributed by atoms with Crippen molar-refractivity contribution in [2.75, 3.05) is 5.32 Å². The number of nitrogens with one attached hydrogen (secondary N) is 1. The second kappa shape index (κ2) is 7.50. The van der Waals surface area contributed by atoms with Crippen molar-refractivity contribution in [3.05, 3.63) is 77.1 Å². The number of fused-ring (bicyclic) bond motifs is 1. The Morgan fingerprint density at radius 1 is 1.04 bits per heavy atom. The zero-order valence-electron chi connectivity index (χ0n) is 13.7. The molecule has 27 heavy (non-hydrogen) atoms. The van der Waals surface area contributed by atoms with Crippen molar-refractivity contribution >= 4 is 40.5 Å². The van der Waals surface area contributed by atoms with Crippen molar-refractivity contribution in [2.45, 2.75) is 10.6 Å². The Morgan fingerprint density at radius 2 is 1.93 bits per heavy atom. The lowest BCUT2D eigenvalue weighted by Gasteiger charge is -2.07. The van der Waals surface area contributed by atoms with Gasteiger partial charge in [0.25, 0.3) is 0 Å². The molecule has 0 unspecified atom stereocenters. The molecule has 0 amide bonds. The van der Waals surface area contributed by atoms with Crippen molar-refractivity contribution in [3.63, 3.8) is 0 Å². The second-order valence-electron chi connectivity index (χ2n) is 5.60. The minimum absolute atomic E-state index is 0.331. The van der Waals surface area contributed by atoms with Crippen molar-refractivity contribution in [1.82, 2.24) is 19.8 Å². The van der Waals surface area contributed by atoms with Crippen LogP contribution in [0.5, 0.6) is 0 Å². The van der Waals surface area contributed by atoms with Gasteiger partial charge in [0, 0.05) is 21.7 Å². The molecular weight excluding hydrogens is 392 g/mol. The van der Waals surface area contributed by atoms with Gasteiger partial charge in [-0.05, 0) is 42.5 Å². The third-order valence-electron chi connectivity index (χ3n) is 3.68. The van der Waals surface area contributed by atoms with Crippen LogP contribution in [0.4, 0.5) is 20.3 Å². The average molecular weight is 404 g/mol. The molecule has 0 aliphatic heterocycles. The van der Waals surface area contributed by atoms with Crippen LogP contribution in [-0.4, -0.2) is 19.8 Å². The third kappa shape index (κ3) is 4.01. The maximum absolute atomic E-state index is 13.8. The topological polar surface area (TPSA) is 55.1 Å². The highest BCUT2D eigenvalue weighted by molar-refractivity contribution is 7.98. The molecular formula is C18H12ClF2N5S. The molecule has 4 aromatic rings. The first-order chi connectivity index (χ1) is 13.1. The zero-order valence-corrected chi connectivity index (χ0v) is 15.3. The summed E-state index contributed by atoms with van der Waals surface area (Å²) in [7, 11) is 0. The number of hydrogen-bond acceptors (Lipinski definition) is 5. The lowest BCUT2D eigenvalue weighted by molar-refractivity contribution is 0.565. The van der Waals surface area contributed by atoms with Gasteiger partial charge in [-0.3, -0.25) is 0 Å². The summed E-state index contributed by atoms with van der Waals surface area (Å²) < 4.78 is 28.4. The Labute approximate surface area is 162 Å². The predicted molar refractivity (Wildman–Crippen MR) is 101 cm³/mol. The zero-order chi connectivity index (χ0) is 18.8. The molecule has 5 nitrogen and oxygen atoms in total. The molecule has 0 saturated carbocycles. The summed E-state index contributed by atoms with van der Waals surface area (Å²) in [5.74, 6) is 0.252. The molecule has 0 aliphatic carbocycles. The van der Waals surface area contributed by atoms with Crippen molar-refractivity contribution in [2.24, 2.45) is 0 Å². The van der Waals surface area contributed by atoms with E-state index in [1.807, 2.05) is 12.1 Å². The molecule has 2 aromatic heterocycles. The van der Waals surface area contributed by atoms with Gasteiger partial charge in [0.05, 0.1) is 5.75 Å². The highest BCUT2D eigenvalue weighted by Crippen LogP contribution is 2.26.